The number of furan rings is 1. The number of esters is 1. The summed E-state index contributed by atoms with van der Waals surface area (Å²) in [4.78, 5) is 24.1. The van der Waals surface area contributed by atoms with E-state index in [2.05, 4.69) is 0 Å². The van der Waals surface area contributed by atoms with E-state index in [0.717, 1.165) is 5.56 Å². The van der Waals surface area contributed by atoms with Crippen LogP contribution in [-0.2, 0) is 0 Å². The van der Waals surface area contributed by atoms with Crippen molar-refractivity contribution in [2.24, 2.45) is 0 Å². The van der Waals surface area contributed by atoms with Gasteiger partial charge >= 0.3 is 5.97 Å². The van der Waals surface area contributed by atoms with Crippen molar-refractivity contribution in [1.82, 2.24) is 0 Å². The smallest absolute Gasteiger partial charge is 0.379 e. The highest BCUT2D eigenvalue weighted by Crippen LogP contribution is 2.20. The minimum atomic E-state index is -0.592. The zero-order chi connectivity index (χ0) is 18.4. The summed E-state index contributed by atoms with van der Waals surface area (Å²) >= 11 is 0. The Labute approximate surface area is 150 Å². The second-order valence-electron chi connectivity index (χ2n) is 5.33. The van der Waals surface area contributed by atoms with E-state index in [1.54, 1.807) is 43.5 Å². The molecule has 0 saturated heterocycles. The summed E-state index contributed by atoms with van der Waals surface area (Å²) in [7, 11) is 1.58. The second-order valence-corrected chi connectivity index (χ2v) is 5.33. The van der Waals surface area contributed by atoms with E-state index in [9.17, 15) is 9.59 Å². The molecule has 3 aromatic rings. The minimum Gasteiger partial charge on any atom is -0.496 e. The summed E-state index contributed by atoms with van der Waals surface area (Å²) in [6, 6.07) is 16.9. The number of allylic oxidation sites excluding steroid dienone is 1. The predicted molar refractivity (Wildman–Crippen MR) is 96.5 cm³/mol. The molecule has 0 amide bonds. The summed E-state index contributed by atoms with van der Waals surface area (Å²) in [6.07, 6.45) is 4.57. The topological polar surface area (TPSA) is 65.7 Å². The maximum atomic E-state index is 12.3. The van der Waals surface area contributed by atoms with Gasteiger partial charge in [0.15, 0.2) is 5.78 Å². The number of methoxy groups -OCH3 is 1. The molecule has 130 valence electrons. The molecule has 0 aliphatic rings. The number of hydrogen-bond donors (Lipinski definition) is 0. The molecule has 0 saturated carbocycles. The van der Waals surface area contributed by atoms with Crippen LogP contribution in [0, 0.1) is 0 Å². The van der Waals surface area contributed by atoms with Gasteiger partial charge in [0.05, 0.1) is 13.4 Å². The molecular formula is C21H16O5. The molecule has 1 aromatic heterocycles. The van der Waals surface area contributed by atoms with Crippen molar-refractivity contribution in [3.8, 4) is 11.5 Å². The third kappa shape index (κ3) is 4.08. The number of carbonyl (C=O) groups excluding carboxylic acids is 2. The summed E-state index contributed by atoms with van der Waals surface area (Å²) < 4.78 is 15.4. The summed E-state index contributed by atoms with van der Waals surface area (Å²) in [5.74, 6) is 0.378. The van der Waals surface area contributed by atoms with Crippen molar-refractivity contribution < 1.29 is 23.5 Å². The molecule has 0 fully saturated rings. The first-order valence-electron chi connectivity index (χ1n) is 7.88. The third-order valence-corrected chi connectivity index (χ3v) is 3.62. The molecule has 0 spiro atoms. The Hall–Kier alpha value is -3.60. The number of carbonyl (C=O) groups is 2. The Morgan fingerprint density at radius 1 is 0.962 bits per heavy atom. The molecular weight excluding hydrogens is 332 g/mol. The van der Waals surface area contributed by atoms with Crippen LogP contribution in [0.3, 0.4) is 0 Å². The fourth-order valence-electron chi connectivity index (χ4n) is 2.31. The number of hydrogen-bond acceptors (Lipinski definition) is 5. The van der Waals surface area contributed by atoms with E-state index < -0.39 is 5.97 Å². The molecule has 1 heterocycles. The number of benzene rings is 2. The lowest BCUT2D eigenvalue weighted by atomic mass is 10.1. The van der Waals surface area contributed by atoms with Gasteiger partial charge in [-0.3, -0.25) is 4.79 Å². The van der Waals surface area contributed by atoms with Gasteiger partial charge in [0.2, 0.25) is 5.76 Å². The molecule has 0 unspecified atom stereocenters. The fourth-order valence-corrected chi connectivity index (χ4v) is 2.31. The van der Waals surface area contributed by atoms with E-state index in [1.807, 2.05) is 24.3 Å². The Kier molecular flexibility index (Phi) is 5.29. The van der Waals surface area contributed by atoms with Gasteiger partial charge in [0.1, 0.15) is 11.5 Å². The lowest BCUT2D eigenvalue weighted by Gasteiger charge is -2.04. The second kappa shape index (κ2) is 7.98. The molecule has 0 aliphatic heterocycles. The Bertz CT molecular complexity index is 921. The van der Waals surface area contributed by atoms with Gasteiger partial charge < -0.3 is 13.9 Å². The van der Waals surface area contributed by atoms with Crippen molar-refractivity contribution in [3.05, 3.63) is 89.9 Å². The SMILES string of the molecule is COc1ccccc1/C=C/C(=O)c1ccc(OC(=O)c2ccco2)cc1. The highest BCUT2D eigenvalue weighted by molar-refractivity contribution is 6.07. The summed E-state index contributed by atoms with van der Waals surface area (Å²) in [5, 5.41) is 0. The van der Waals surface area contributed by atoms with Crippen LogP contribution in [0.15, 0.2) is 77.4 Å². The zero-order valence-electron chi connectivity index (χ0n) is 14.0. The fraction of sp³-hybridized carbons (Fsp3) is 0.0476. The van der Waals surface area contributed by atoms with Crippen LogP contribution in [0.4, 0.5) is 0 Å². The number of para-hydroxylation sites is 1. The highest BCUT2D eigenvalue weighted by atomic mass is 16.5. The molecule has 5 heteroatoms. The molecule has 0 aliphatic carbocycles. The minimum absolute atomic E-state index is 0.116. The zero-order valence-corrected chi connectivity index (χ0v) is 14.0. The lowest BCUT2D eigenvalue weighted by Crippen LogP contribution is -2.07. The number of ether oxygens (including phenoxy) is 2. The van der Waals surface area contributed by atoms with Gasteiger partial charge in [0, 0.05) is 11.1 Å². The van der Waals surface area contributed by atoms with Crippen LogP contribution in [0.25, 0.3) is 6.08 Å². The van der Waals surface area contributed by atoms with Crippen molar-refractivity contribution in [2.75, 3.05) is 7.11 Å². The first kappa shape index (κ1) is 17.2. The molecule has 0 bridgehead atoms. The standard InChI is InChI=1S/C21H16O5/c1-24-19-6-3-2-5-16(19)10-13-18(22)15-8-11-17(12-9-15)26-21(23)20-7-4-14-25-20/h2-14H,1H3/b13-10+. The lowest BCUT2D eigenvalue weighted by molar-refractivity contribution is 0.0701. The van der Waals surface area contributed by atoms with Crippen LogP contribution in [-0.4, -0.2) is 18.9 Å². The van der Waals surface area contributed by atoms with Gasteiger partial charge in [-0.2, -0.15) is 0 Å². The van der Waals surface area contributed by atoms with Gasteiger partial charge in [-0.15, -0.1) is 0 Å². The van der Waals surface area contributed by atoms with Gasteiger partial charge in [-0.05, 0) is 54.6 Å². The maximum absolute atomic E-state index is 12.3. The van der Waals surface area contributed by atoms with Crippen LogP contribution in [0.5, 0.6) is 11.5 Å². The van der Waals surface area contributed by atoms with Crippen molar-refractivity contribution in [3.63, 3.8) is 0 Å². The first-order chi connectivity index (χ1) is 12.7. The largest absolute Gasteiger partial charge is 0.496 e. The summed E-state index contributed by atoms with van der Waals surface area (Å²) in [5.41, 5.74) is 1.29. The van der Waals surface area contributed by atoms with E-state index >= 15 is 0 Å². The Morgan fingerprint density at radius 2 is 1.73 bits per heavy atom. The highest BCUT2D eigenvalue weighted by Gasteiger charge is 2.11. The van der Waals surface area contributed by atoms with Crippen LogP contribution >= 0.6 is 0 Å². The van der Waals surface area contributed by atoms with Crippen molar-refractivity contribution >= 4 is 17.8 Å². The molecule has 0 radical (unpaired) electrons. The predicted octanol–water partition coefficient (Wildman–Crippen LogP) is 4.40. The van der Waals surface area contributed by atoms with Crippen molar-refractivity contribution in [2.45, 2.75) is 0 Å². The number of rotatable bonds is 6. The Balaban J connectivity index is 1.67. The van der Waals surface area contributed by atoms with Gasteiger partial charge in [0.25, 0.3) is 0 Å². The van der Waals surface area contributed by atoms with E-state index in [1.165, 1.54) is 18.4 Å². The first-order valence-corrected chi connectivity index (χ1v) is 7.88. The van der Waals surface area contributed by atoms with Crippen molar-refractivity contribution in [1.29, 1.82) is 0 Å². The third-order valence-electron chi connectivity index (χ3n) is 3.62. The van der Waals surface area contributed by atoms with Gasteiger partial charge in [-0.1, -0.05) is 18.2 Å². The molecule has 0 atom stereocenters. The molecule has 26 heavy (non-hydrogen) atoms. The normalized spacial score (nSPS) is 10.7. The Morgan fingerprint density at radius 3 is 2.42 bits per heavy atom. The van der Waals surface area contributed by atoms with E-state index in [-0.39, 0.29) is 11.5 Å². The monoisotopic (exact) mass is 348 g/mol. The maximum Gasteiger partial charge on any atom is 0.379 e. The molecule has 5 nitrogen and oxygen atoms in total. The average molecular weight is 348 g/mol. The summed E-state index contributed by atoms with van der Waals surface area (Å²) in [6.45, 7) is 0. The molecule has 2 aromatic carbocycles. The van der Waals surface area contributed by atoms with Crippen LogP contribution < -0.4 is 9.47 Å². The average Bonchev–Trinajstić information content (AvgIpc) is 3.22. The van der Waals surface area contributed by atoms with Crippen LogP contribution in [0.1, 0.15) is 26.5 Å². The molecule has 3 rings (SSSR count). The quantitative estimate of drug-likeness (QED) is 0.286. The molecule has 0 N–H and O–H groups in total. The van der Waals surface area contributed by atoms with E-state index in [4.69, 9.17) is 13.9 Å². The van der Waals surface area contributed by atoms with E-state index in [0.29, 0.717) is 17.1 Å². The van der Waals surface area contributed by atoms with Gasteiger partial charge in [-0.25, -0.2) is 4.79 Å². The van der Waals surface area contributed by atoms with Crippen LogP contribution in [0.2, 0.25) is 0 Å². The number of ketones is 1.